The number of hydrogen-bond donors (Lipinski definition) is 1. The lowest BCUT2D eigenvalue weighted by molar-refractivity contribution is -0.115. The van der Waals surface area contributed by atoms with Crippen molar-refractivity contribution in [3.05, 3.63) is 64.1 Å². The molecule has 0 saturated carbocycles. The number of carbonyl (C=O) groups is 3. The number of hydrogen-bond acceptors (Lipinski definition) is 7. The molecule has 12 heteroatoms. The molecule has 0 spiro atoms. The first-order valence-corrected chi connectivity index (χ1v) is 12.9. The van der Waals surface area contributed by atoms with Gasteiger partial charge in [0.25, 0.3) is 0 Å². The molecule has 4 amide bonds. The Bertz CT molecular complexity index is 1450. The predicted molar refractivity (Wildman–Crippen MR) is 126 cm³/mol. The van der Waals surface area contributed by atoms with Crippen molar-refractivity contribution in [1.82, 2.24) is 15.2 Å². The molecule has 1 aliphatic carbocycles. The van der Waals surface area contributed by atoms with E-state index in [4.69, 9.17) is 11.6 Å². The summed E-state index contributed by atoms with van der Waals surface area (Å²) in [6.07, 6.45) is 4.01. The summed E-state index contributed by atoms with van der Waals surface area (Å²) >= 11 is 6.09. The standard InChI is InChI=1S/C23H20ClN5O5S/c1-3-27-22(31)29-21(16-5-4-13(10-25)8-19(16)35(2,33)34)20-17(6-7-18(20)30)28(23(29)32)15-9-14(24)11-26-12-15/h4-5,8-9,11-12,21H,3,6-7H2,1-2H3,(H,27,31). The van der Waals surface area contributed by atoms with Gasteiger partial charge in [0.15, 0.2) is 15.6 Å². The van der Waals surface area contributed by atoms with Crippen LogP contribution in [-0.4, -0.2) is 48.9 Å². The number of carbonyl (C=O) groups excluding carboxylic acids is 3. The lowest BCUT2D eigenvalue weighted by Crippen LogP contribution is -2.55. The zero-order chi connectivity index (χ0) is 25.5. The quantitative estimate of drug-likeness (QED) is 0.660. The van der Waals surface area contributed by atoms with Crippen molar-refractivity contribution in [1.29, 1.82) is 5.26 Å². The fraction of sp³-hybridized carbons (Fsp3) is 0.261. The Kier molecular flexibility index (Phi) is 6.36. The number of allylic oxidation sites excluding steroid dienone is 1. The van der Waals surface area contributed by atoms with Gasteiger partial charge < -0.3 is 5.32 Å². The summed E-state index contributed by atoms with van der Waals surface area (Å²) in [5.74, 6) is -0.324. The van der Waals surface area contributed by atoms with Crippen LogP contribution in [0, 0.1) is 11.3 Å². The molecule has 2 aliphatic rings. The monoisotopic (exact) mass is 513 g/mol. The summed E-state index contributed by atoms with van der Waals surface area (Å²) in [5.41, 5.74) is 0.877. The SMILES string of the molecule is CCNC(=O)N1C(=O)N(c2cncc(Cl)c2)C2=C(C(=O)CC2)C1c1ccc(C#N)cc1S(C)(=O)=O. The highest BCUT2D eigenvalue weighted by Crippen LogP contribution is 2.46. The Labute approximate surface area is 206 Å². The predicted octanol–water partition coefficient (Wildman–Crippen LogP) is 3.34. The fourth-order valence-corrected chi connectivity index (χ4v) is 5.46. The number of rotatable bonds is 4. The molecule has 4 rings (SSSR count). The zero-order valence-electron chi connectivity index (χ0n) is 18.8. The van der Waals surface area contributed by atoms with Crippen molar-refractivity contribution < 1.29 is 22.8 Å². The number of anilines is 1. The number of nitrogens with one attached hydrogen (secondary N) is 1. The van der Waals surface area contributed by atoms with E-state index in [1.807, 2.05) is 6.07 Å². The molecule has 1 aromatic heterocycles. The second kappa shape index (κ2) is 9.13. The molecule has 1 aromatic carbocycles. The number of nitriles is 1. The second-order valence-corrected chi connectivity index (χ2v) is 10.4. The number of amides is 4. The molecule has 1 aliphatic heterocycles. The number of Topliss-reactive ketones (excluding diaryl/α,β-unsaturated/α-hetero) is 1. The molecule has 2 heterocycles. The highest BCUT2D eigenvalue weighted by atomic mass is 35.5. The largest absolute Gasteiger partial charge is 0.338 e. The van der Waals surface area contributed by atoms with E-state index in [1.165, 1.54) is 41.6 Å². The van der Waals surface area contributed by atoms with Crippen LogP contribution in [0.5, 0.6) is 0 Å². The minimum absolute atomic E-state index is 0.0534. The maximum atomic E-state index is 13.8. The molecule has 0 saturated heterocycles. The fourth-order valence-electron chi connectivity index (χ4n) is 4.34. The Balaban J connectivity index is 2.04. The molecule has 0 bridgehead atoms. The number of sulfone groups is 1. The van der Waals surface area contributed by atoms with Crippen LogP contribution in [0.2, 0.25) is 5.02 Å². The molecule has 1 unspecified atom stereocenters. The summed E-state index contributed by atoms with van der Waals surface area (Å²) in [6, 6.07) is 4.41. The lowest BCUT2D eigenvalue weighted by Gasteiger charge is -2.41. The molecule has 35 heavy (non-hydrogen) atoms. The van der Waals surface area contributed by atoms with E-state index in [0.717, 1.165) is 11.2 Å². The third kappa shape index (κ3) is 4.26. The summed E-state index contributed by atoms with van der Waals surface area (Å²) in [5, 5.41) is 12.1. The number of ketones is 1. The maximum absolute atomic E-state index is 13.8. The van der Waals surface area contributed by atoms with Crippen LogP contribution in [0.3, 0.4) is 0 Å². The molecule has 2 aromatic rings. The Hall–Kier alpha value is -3.75. The van der Waals surface area contributed by atoms with Crippen LogP contribution in [-0.2, 0) is 14.6 Å². The van der Waals surface area contributed by atoms with E-state index >= 15 is 0 Å². The minimum Gasteiger partial charge on any atom is -0.338 e. The van der Waals surface area contributed by atoms with Gasteiger partial charge in [-0.25, -0.2) is 22.9 Å². The third-order valence-corrected chi connectivity index (χ3v) is 7.09. The van der Waals surface area contributed by atoms with Crippen LogP contribution in [0.4, 0.5) is 15.3 Å². The van der Waals surface area contributed by atoms with E-state index in [2.05, 4.69) is 10.3 Å². The smallest absolute Gasteiger partial charge is 0.337 e. The highest BCUT2D eigenvalue weighted by Gasteiger charge is 2.49. The van der Waals surface area contributed by atoms with Gasteiger partial charge in [-0.15, -0.1) is 0 Å². The van der Waals surface area contributed by atoms with Gasteiger partial charge in [0, 0.05) is 36.7 Å². The van der Waals surface area contributed by atoms with Crippen molar-refractivity contribution in [2.75, 3.05) is 17.7 Å². The van der Waals surface area contributed by atoms with E-state index in [0.29, 0.717) is 5.70 Å². The Morgan fingerprint density at radius 2 is 2.00 bits per heavy atom. The van der Waals surface area contributed by atoms with Crippen molar-refractivity contribution in [2.45, 2.75) is 30.7 Å². The molecular formula is C23H20ClN5O5S. The molecule has 1 atom stereocenters. The zero-order valence-corrected chi connectivity index (χ0v) is 20.4. The van der Waals surface area contributed by atoms with Crippen LogP contribution in [0.1, 0.15) is 36.9 Å². The third-order valence-electron chi connectivity index (χ3n) is 5.73. The van der Waals surface area contributed by atoms with E-state index < -0.39 is 27.9 Å². The van der Waals surface area contributed by atoms with Crippen molar-refractivity contribution >= 4 is 45.0 Å². The number of urea groups is 2. The number of imide groups is 1. The van der Waals surface area contributed by atoms with Crippen LogP contribution >= 0.6 is 11.6 Å². The summed E-state index contributed by atoms with van der Waals surface area (Å²) in [4.78, 5) is 46.0. The molecule has 10 nitrogen and oxygen atoms in total. The highest BCUT2D eigenvalue weighted by molar-refractivity contribution is 7.90. The first-order valence-electron chi connectivity index (χ1n) is 10.6. The van der Waals surface area contributed by atoms with Gasteiger partial charge in [0.2, 0.25) is 0 Å². The van der Waals surface area contributed by atoms with Crippen LogP contribution < -0.4 is 10.2 Å². The van der Waals surface area contributed by atoms with E-state index in [-0.39, 0.29) is 57.5 Å². The number of aromatic nitrogens is 1. The number of halogens is 1. The molecule has 0 radical (unpaired) electrons. The summed E-state index contributed by atoms with van der Waals surface area (Å²) in [7, 11) is -3.91. The number of nitrogens with zero attached hydrogens (tertiary/aromatic N) is 4. The van der Waals surface area contributed by atoms with Gasteiger partial charge in [-0.2, -0.15) is 5.26 Å². The Morgan fingerprint density at radius 3 is 2.63 bits per heavy atom. The van der Waals surface area contributed by atoms with Crippen molar-refractivity contribution in [2.24, 2.45) is 0 Å². The molecule has 1 N–H and O–H groups in total. The van der Waals surface area contributed by atoms with Gasteiger partial charge in [-0.1, -0.05) is 17.7 Å². The first-order chi connectivity index (χ1) is 16.6. The topological polar surface area (TPSA) is 141 Å². The lowest BCUT2D eigenvalue weighted by atomic mass is 9.92. The van der Waals surface area contributed by atoms with Crippen molar-refractivity contribution in [3.63, 3.8) is 0 Å². The van der Waals surface area contributed by atoms with E-state index in [9.17, 15) is 28.1 Å². The summed E-state index contributed by atoms with van der Waals surface area (Å²) in [6.45, 7) is 1.84. The van der Waals surface area contributed by atoms with Crippen molar-refractivity contribution in [3.8, 4) is 6.07 Å². The second-order valence-electron chi connectivity index (χ2n) is 8.01. The van der Waals surface area contributed by atoms with Gasteiger partial charge >= 0.3 is 12.1 Å². The number of benzene rings is 1. The molecule has 0 fully saturated rings. The molecular weight excluding hydrogens is 494 g/mol. The van der Waals surface area contributed by atoms with Crippen LogP contribution in [0.25, 0.3) is 0 Å². The first kappa shape index (κ1) is 24.4. The van der Waals surface area contributed by atoms with Gasteiger partial charge in [-0.05, 0) is 37.1 Å². The van der Waals surface area contributed by atoms with Gasteiger partial charge in [-0.3, -0.25) is 14.7 Å². The van der Waals surface area contributed by atoms with Gasteiger partial charge in [0.05, 0.1) is 33.4 Å². The Morgan fingerprint density at radius 1 is 1.26 bits per heavy atom. The van der Waals surface area contributed by atoms with Crippen LogP contribution in [0.15, 0.2) is 52.8 Å². The number of pyridine rings is 1. The average Bonchev–Trinajstić information content (AvgIpc) is 3.18. The maximum Gasteiger partial charge on any atom is 0.337 e. The average molecular weight is 514 g/mol. The normalized spacial score (nSPS) is 17.9. The van der Waals surface area contributed by atoms with E-state index in [1.54, 1.807) is 6.92 Å². The molecule has 180 valence electrons. The summed E-state index contributed by atoms with van der Waals surface area (Å²) < 4.78 is 25.4. The minimum atomic E-state index is -3.91. The van der Waals surface area contributed by atoms with Gasteiger partial charge in [0.1, 0.15) is 6.04 Å².